The predicted octanol–water partition coefficient (Wildman–Crippen LogP) is 4.59. The number of benzene rings is 1. The standard InChI is InChI=1S/C21H24N2O3S/c1-4-6-11-26-21(25)14(3)23-13-22-19-18(20(23)24)17(12-27-19)16-9-7-15(5-2)8-10-16/h7-10,12-14H,4-6,11H2,1-3H3/t14-/m0/s1. The lowest BCUT2D eigenvalue weighted by Gasteiger charge is -2.14. The molecule has 5 nitrogen and oxygen atoms in total. The third-order valence-corrected chi connectivity index (χ3v) is 5.58. The third kappa shape index (κ3) is 3.95. The van der Waals surface area contributed by atoms with E-state index >= 15 is 0 Å². The second kappa shape index (κ2) is 8.48. The molecule has 0 amide bonds. The Morgan fingerprint density at radius 2 is 2.00 bits per heavy atom. The van der Waals surface area contributed by atoms with Crippen molar-refractivity contribution in [3.63, 3.8) is 0 Å². The molecule has 3 aromatic rings. The lowest BCUT2D eigenvalue weighted by atomic mass is 10.0. The summed E-state index contributed by atoms with van der Waals surface area (Å²) >= 11 is 1.44. The van der Waals surface area contributed by atoms with Gasteiger partial charge >= 0.3 is 5.97 Å². The van der Waals surface area contributed by atoms with Crippen LogP contribution in [0.15, 0.2) is 40.8 Å². The van der Waals surface area contributed by atoms with Crippen molar-refractivity contribution in [2.45, 2.75) is 46.1 Å². The highest BCUT2D eigenvalue weighted by molar-refractivity contribution is 7.17. The molecule has 27 heavy (non-hydrogen) atoms. The van der Waals surface area contributed by atoms with E-state index in [1.807, 2.05) is 24.4 Å². The van der Waals surface area contributed by atoms with Gasteiger partial charge in [-0.1, -0.05) is 44.5 Å². The summed E-state index contributed by atoms with van der Waals surface area (Å²) in [6.45, 7) is 6.19. The summed E-state index contributed by atoms with van der Waals surface area (Å²) in [5.74, 6) is -0.407. The number of thiophene rings is 1. The molecule has 0 saturated carbocycles. The van der Waals surface area contributed by atoms with Gasteiger partial charge < -0.3 is 4.74 Å². The third-order valence-electron chi connectivity index (χ3n) is 4.69. The fraction of sp³-hybridized carbons (Fsp3) is 0.381. The average Bonchev–Trinajstić information content (AvgIpc) is 3.13. The van der Waals surface area contributed by atoms with Crippen molar-refractivity contribution in [1.29, 1.82) is 0 Å². The molecular formula is C21H24N2O3S. The largest absolute Gasteiger partial charge is 0.464 e. The van der Waals surface area contributed by atoms with E-state index < -0.39 is 12.0 Å². The van der Waals surface area contributed by atoms with Gasteiger partial charge in [-0.25, -0.2) is 9.78 Å². The van der Waals surface area contributed by atoms with Crippen LogP contribution in [-0.4, -0.2) is 22.1 Å². The van der Waals surface area contributed by atoms with Crippen molar-refractivity contribution < 1.29 is 9.53 Å². The summed E-state index contributed by atoms with van der Waals surface area (Å²) in [4.78, 5) is 30.4. The maximum Gasteiger partial charge on any atom is 0.328 e. The van der Waals surface area contributed by atoms with Gasteiger partial charge in [-0.3, -0.25) is 9.36 Å². The van der Waals surface area contributed by atoms with E-state index in [1.54, 1.807) is 6.92 Å². The number of aryl methyl sites for hydroxylation is 1. The predicted molar refractivity (Wildman–Crippen MR) is 109 cm³/mol. The molecule has 2 aromatic heterocycles. The Balaban J connectivity index is 1.98. The van der Waals surface area contributed by atoms with Gasteiger partial charge in [0.2, 0.25) is 0 Å². The van der Waals surface area contributed by atoms with Crippen molar-refractivity contribution in [2.24, 2.45) is 0 Å². The maximum atomic E-state index is 13.1. The summed E-state index contributed by atoms with van der Waals surface area (Å²) in [7, 11) is 0. The lowest BCUT2D eigenvalue weighted by Crippen LogP contribution is -2.29. The molecule has 2 heterocycles. The average molecular weight is 385 g/mol. The monoisotopic (exact) mass is 384 g/mol. The molecule has 1 aromatic carbocycles. The number of hydrogen-bond donors (Lipinski definition) is 0. The van der Waals surface area contributed by atoms with Crippen LogP contribution in [-0.2, 0) is 16.0 Å². The summed E-state index contributed by atoms with van der Waals surface area (Å²) < 4.78 is 6.63. The van der Waals surface area contributed by atoms with Crippen molar-refractivity contribution in [3.8, 4) is 11.1 Å². The van der Waals surface area contributed by atoms with E-state index in [9.17, 15) is 9.59 Å². The first-order valence-electron chi connectivity index (χ1n) is 9.31. The minimum Gasteiger partial charge on any atom is -0.464 e. The number of nitrogens with zero attached hydrogens (tertiary/aromatic N) is 2. The van der Waals surface area contributed by atoms with Crippen molar-refractivity contribution >= 4 is 27.5 Å². The molecule has 0 spiro atoms. The number of fused-ring (bicyclic) bond motifs is 1. The topological polar surface area (TPSA) is 61.2 Å². The highest BCUT2D eigenvalue weighted by Gasteiger charge is 2.21. The lowest BCUT2D eigenvalue weighted by molar-refractivity contribution is -0.147. The molecule has 0 saturated heterocycles. The molecule has 6 heteroatoms. The van der Waals surface area contributed by atoms with Gasteiger partial charge in [0.05, 0.1) is 18.3 Å². The molecule has 0 unspecified atom stereocenters. The zero-order valence-electron chi connectivity index (χ0n) is 15.9. The molecule has 0 aliphatic rings. The van der Waals surface area contributed by atoms with Gasteiger partial charge in [-0.15, -0.1) is 11.3 Å². The molecule has 0 fully saturated rings. The van der Waals surface area contributed by atoms with Gasteiger partial charge in [-0.05, 0) is 30.9 Å². The van der Waals surface area contributed by atoms with E-state index in [0.29, 0.717) is 16.8 Å². The van der Waals surface area contributed by atoms with Crippen molar-refractivity contribution in [1.82, 2.24) is 9.55 Å². The Morgan fingerprint density at radius 3 is 2.67 bits per heavy atom. The van der Waals surface area contributed by atoms with Gasteiger partial charge in [0.25, 0.3) is 5.56 Å². The minimum atomic E-state index is -0.707. The number of esters is 1. The fourth-order valence-corrected chi connectivity index (χ4v) is 3.81. The van der Waals surface area contributed by atoms with Crippen LogP contribution in [0.5, 0.6) is 0 Å². The summed E-state index contributed by atoms with van der Waals surface area (Å²) in [5.41, 5.74) is 2.87. The van der Waals surface area contributed by atoms with E-state index in [0.717, 1.165) is 30.4 Å². The van der Waals surface area contributed by atoms with Gasteiger partial charge in [0, 0.05) is 10.9 Å². The van der Waals surface area contributed by atoms with Crippen molar-refractivity contribution in [3.05, 3.63) is 51.9 Å². The first-order chi connectivity index (χ1) is 13.1. The molecule has 0 radical (unpaired) electrons. The van der Waals surface area contributed by atoms with Crippen molar-refractivity contribution in [2.75, 3.05) is 6.61 Å². The Labute approximate surface area is 162 Å². The van der Waals surface area contributed by atoms with E-state index in [2.05, 4.69) is 24.0 Å². The second-order valence-electron chi connectivity index (χ2n) is 6.53. The first-order valence-corrected chi connectivity index (χ1v) is 10.2. The number of hydrogen-bond acceptors (Lipinski definition) is 5. The Kier molecular flexibility index (Phi) is 6.06. The van der Waals surface area contributed by atoms with Gasteiger partial charge in [0.1, 0.15) is 10.9 Å². The number of carbonyl (C=O) groups excluding carboxylic acids is 1. The molecule has 0 bridgehead atoms. The summed E-state index contributed by atoms with van der Waals surface area (Å²) in [6, 6.07) is 7.49. The first kappa shape index (κ1) is 19.3. The minimum absolute atomic E-state index is 0.212. The normalized spacial score (nSPS) is 12.3. The number of unbranched alkanes of at least 4 members (excludes halogenated alkanes) is 1. The molecule has 142 valence electrons. The number of carbonyl (C=O) groups is 1. The number of ether oxygens (including phenoxy) is 1. The number of aromatic nitrogens is 2. The highest BCUT2D eigenvalue weighted by Crippen LogP contribution is 2.31. The quantitative estimate of drug-likeness (QED) is 0.441. The SMILES string of the molecule is CCCCOC(=O)[C@H](C)n1cnc2scc(-c3ccc(CC)cc3)c2c1=O. The maximum absolute atomic E-state index is 13.1. The molecule has 0 aliphatic heterocycles. The van der Waals surface area contributed by atoms with Crippen LogP contribution in [0.4, 0.5) is 0 Å². The van der Waals surface area contributed by atoms with Crippen LogP contribution in [0.25, 0.3) is 21.3 Å². The molecule has 0 N–H and O–H groups in total. The van der Waals surface area contributed by atoms with Crippen LogP contribution in [0, 0.1) is 0 Å². The second-order valence-corrected chi connectivity index (χ2v) is 7.39. The fourth-order valence-electron chi connectivity index (χ4n) is 2.91. The molecule has 0 aliphatic carbocycles. The molecular weight excluding hydrogens is 360 g/mol. The van der Waals surface area contributed by atoms with E-state index in [-0.39, 0.29) is 5.56 Å². The Morgan fingerprint density at radius 1 is 1.26 bits per heavy atom. The summed E-state index contributed by atoms with van der Waals surface area (Å²) in [6.07, 6.45) is 4.17. The van der Waals surface area contributed by atoms with E-state index in [1.165, 1.54) is 27.8 Å². The zero-order chi connectivity index (χ0) is 19.4. The number of rotatable bonds is 7. The highest BCUT2D eigenvalue weighted by atomic mass is 32.1. The Hall–Kier alpha value is -2.47. The Bertz CT molecular complexity index is 989. The molecule has 3 rings (SSSR count). The van der Waals surface area contributed by atoms with Crippen LogP contribution in [0.2, 0.25) is 0 Å². The van der Waals surface area contributed by atoms with Crippen LogP contribution in [0.3, 0.4) is 0 Å². The van der Waals surface area contributed by atoms with Gasteiger partial charge in [0.15, 0.2) is 0 Å². The van der Waals surface area contributed by atoms with Crippen LogP contribution in [0.1, 0.15) is 45.2 Å². The zero-order valence-corrected chi connectivity index (χ0v) is 16.7. The summed E-state index contributed by atoms with van der Waals surface area (Å²) in [5, 5.41) is 2.51. The van der Waals surface area contributed by atoms with Crippen LogP contribution >= 0.6 is 11.3 Å². The van der Waals surface area contributed by atoms with E-state index in [4.69, 9.17) is 4.74 Å². The smallest absolute Gasteiger partial charge is 0.328 e. The van der Waals surface area contributed by atoms with Crippen LogP contribution < -0.4 is 5.56 Å². The van der Waals surface area contributed by atoms with Gasteiger partial charge in [-0.2, -0.15) is 0 Å². The molecule has 1 atom stereocenters.